The van der Waals surface area contributed by atoms with Crippen LogP contribution < -0.4 is 5.32 Å². The Labute approximate surface area is 90.4 Å². The van der Waals surface area contributed by atoms with E-state index in [0.717, 1.165) is 31.2 Å². The number of nitrogens with zero attached hydrogens (tertiary/aromatic N) is 2. The van der Waals surface area contributed by atoms with Gasteiger partial charge in [0.05, 0.1) is 0 Å². The van der Waals surface area contributed by atoms with Gasteiger partial charge in [0.2, 0.25) is 5.89 Å². The third kappa shape index (κ3) is 2.37. The summed E-state index contributed by atoms with van der Waals surface area (Å²) < 4.78 is 5.29. The van der Waals surface area contributed by atoms with Crippen molar-refractivity contribution in [3.8, 4) is 0 Å². The Hall–Kier alpha value is -0.900. The third-order valence-electron chi connectivity index (χ3n) is 2.75. The minimum Gasteiger partial charge on any atom is -0.339 e. The molecule has 1 fully saturated rings. The first-order valence-electron chi connectivity index (χ1n) is 5.62. The molecular weight excluding hydrogens is 190 g/mol. The van der Waals surface area contributed by atoms with Gasteiger partial charge in [0, 0.05) is 17.9 Å². The van der Waals surface area contributed by atoms with Crippen molar-refractivity contribution in [3.63, 3.8) is 0 Å². The maximum atomic E-state index is 5.29. The van der Waals surface area contributed by atoms with Crippen LogP contribution in [0.3, 0.4) is 0 Å². The highest BCUT2D eigenvalue weighted by molar-refractivity contribution is 5.03. The highest BCUT2D eigenvalue weighted by Crippen LogP contribution is 2.25. The second-order valence-corrected chi connectivity index (χ2v) is 5.25. The highest BCUT2D eigenvalue weighted by atomic mass is 16.5. The first-order valence-corrected chi connectivity index (χ1v) is 5.62. The second kappa shape index (κ2) is 3.93. The van der Waals surface area contributed by atoms with Crippen molar-refractivity contribution in [2.45, 2.75) is 44.9 Å². The van der Waals surface area contributed by atoms with E-state index in [1.54, 1.807) is 0 Å². The minimum atomic E-state index is -0.0483. The molecule has 1 aromatic rings. The van der Waals surface area contributed by atoms with Gasteiger partial charge in [-0.2, -0.15) is 4.98 Å². The minimum absolute atomic E-state index is 0.0483. The van der Waals surface area contributed by atoms with Crippen LogP contribution in [-0.2, 0) is 5.41 Å². The molecule has 1 atom stereocenters. The van der Waals surface area contributed by atoms with Crippen LogP contribution in [0.25, 0.3) is 0 Å². The molecule has 1 saturated heterocycles. The van der Waals surface area contributed by atoms with Crippen molar-refractivity contribution in [2.24, 2.45) is 0 Å². The summed E-state index contributed by atoms with van der Waals surface area (Å²) in [7, 11) is 0. The summed E-state index contributed by atoms with van der Waals surface area (Å²) in [5, 5.41) is 7.44. The van der Waals surface area contributed by atoms with Gasteiger partial charge in [-0.3, -0.25) is 0 Å². The normalized spacial score (nSPS) is 23.0. The van der Waals surface area contributed by atoms with Crippen LogP contribution in [0.5, 0.6) is 0 Å². The van der Waals surface area contributed by atoms with E-state index in [-0.39, 0.29) is 5.41 Å². The molecule has 0 unspecified atom stereocenters. The number of aromatic nitrogens is 2. The predicted molar refractivity (Wildman–Crippen MR) is 57.8 cm³/mol. The van der Waals surface area contributed by atoms with E-state index in [1.807, 2.05) is 0 Å². The number of piperidine rings is 1. The van der Waals surface area contributed by atoms with E-state index in [9.17, 15) is 0 Å². The molecule has 15 heavy (non-hydrogen) atoms. The van der Waals surface area contributed by atoms with Gasteiger partial charge in [-0.25, -0.2) is 0 Å². The molecule has 0 spiro atoms. The zero-order chi connectivity index (χ0) is 10.9. The van der Waals surface area contributed by atoms with Crippen LogP contribution in [0, 0.1) is 0 Å². The van der Waals surface area contributed by atoms with E-state index >= 15 is 0 Å². The smallest absolute Gasteiger partial charge is 0.232 e. The number of hydrogen-bond donors (Lipinski definition) is 1. The topological polar surface area (TPSA) is 51.0 Å². The highest BCUT2D eigenvalue weighted by Gasteiger charge is 2.25. The number of nitrogens with one attached hydrogen (secondary N) is 1. The maximum Gasteiger partial charge on any atom is 0.232 e. The zero-order valence-corrected chi connectivity index (χ0v) is 9.71. The van der Waals surface area contributed by atoms with Crippen molar-refractivity contribution in [3.05, 3.63) is 11.7 Å². The molecular formula is C11H19N3O. The lowest BCUT2D eigenvalue weighted by atomic mass is 9.96. The van der Waals surface area contributed by atoms with Gasteiger partial charge in [0.15, 0.2) is 5.82 Å². The van der Waals surface area contributed by atoms with E-state index in [0.29, 0.717) is 5.92 Å². The number of hydrogen-bond acceptors (Lipinski definition) is 4. The molecule has 4 nitrogen and oxygen atoms in total. The lowest BCUT2D eigenvalue weighted by Gasteiger charge is -2.19. The van der Waals surface area contributed by atoms with E-state index in [4.69, 9.17) is 4.52 Å². The Morgan fingerprint density at radius 2 is 2.20 bits per heavy atom. The molecule has 0 amide bonds. The largest absolute Gasteiger partial charge is 0.339 e. The van der Waals surface area contributed by atoms with Crippen molar-refractivity contribution < 1.29 is 4.52 Å². The molecule has 2 heterocycles. The van der Waals surface area contributed by atoms with Crippen LogP contribution in [0.1, 0.15) is 51.2 Å². The predicted octanol–water partition coefficient (Wildman–Crippen LogP) is 1.83. The Balaban J connectivity index is 2.12. The summed E-state index contributed by atoms with van der Waals surface area (Å²) in [5.41, 5.74) is -0.0483. The van der Waals surface area contributed by atoms with Gasteiger partial charge in [-0.15, -0.1) is 0 Å². The van der Waals surface area contributed by atoms with Gasteiger partial charge in [0.1, 0.15) is 0 Å². The Morgan fingerprint density at radius 3 is 2.73 bits per heavy atom. The van der Waals surface area contributed by atoms with Gasteiger partial charge in [-0.1, -0.05) is 25.9 Å². The summed E-state index contributed by atoms with van der Waals surface area (Å²) in [4.78, 5) is 4.49. The monoisotopic (exact) mass is 209 g/mol. The Morgan fingerprint density at radius 1 is 1.40 bits per heavy atom. The summed E-state index contributed by atoms with van der Waals surface area (Å²) in [5.74, 6) is 2.04. The summed E-state index contributed by atoms with van der Waals surface area (Å²) in [6, 6.07) is 0. The molecule has 84 valence electrons. The molecule has 4 heteroatoms. The Bertz CT molecular complexity index is 321. The fourth-order valence-electron chi connectivity index (χ4n) is 1.78. The molecule has 1 aliphatic heterocycles. The summed E-state index contributed by atoms with van der Waals surface area (Å²) in [6.45, 7) is 8.35. The molecule has 0 aliphatic carbocycles. The van der Waals surface area contributed by atoms with Crippen LogP contribution in [0.4, 0.5) is 0 Å². The standard InChI is InChI=1S/C11H19N3O/c1-11(2,3)10-13-9(14-15-10)8-5-4-6-12-7-8/h8,12H,4-7H2,1-3H3/t8-/m1/s1. The molecule has 1 aromatic heterocycles. The fourth-order valence-corrected chi connectivity index (χ4v) is 1.78. The molecule has 0 aromatic carbocycles. The quantitative estimate of drug-likeness (QED) is 0.766. The fraction of sp³-hybridized carbons (Fsp3) is 0.818. The summed E-state index contributed by atoms with van der Waals surface area (Å²) in [6.07, 6.45) is 2.36. The van der Waals surface area contributed by atoms with Crippen LogP contribution >= 0.6 is 0 Å². The zero-order valence-electron chi connectivity index (χ0n) is 9.71. The SMILES string of the molecule is CC(C)(C)c1nc([C@@H]2CCCNC2)no1. The summed E-state index contributed by atoms with van der Waals surface area (Å²) >= 11 is 0. The van der Waals surface area contributed by atoms with E-state index in [1.165, 1.54) is 6.42 Å². The van der Waals surface area contributed by atoms with Crippen molar-refractivity contribution in [1.29, 1.82) is 0 Å². The van der Waals surface area contributed by atoms with Gasteiger partial charge < -0.3 is 9.84 Å². The van der Waals surface area contributed by atoms with E-state index in [2.05, 4.69) is 36.2 Å². The van der Waals surface area contributed by atoms with Gasteiger partial charge in [-0.05, 0) is 19.4 Å². The lowest BCUT2D eigenvalue weighted by molar-refractivity contribution is 0.314. The van der Waals surface area contributed by atoms with Crippen LogP contribution in [-0.4, -0.2) is 23.2 Å². The number of rotatable bonds is 1. The maximum absolute atomic E-state index is 5.29. The molecule has 0 radical (unpaired) electrons. The second-order valence-electron chi connectivity index (χ2n) is 5.25. The lowest BCUT2D eigenvalue weighted by Crippen LogP contribution is -2.29. The molecule has 2 rings (SSSR count). The molecule has 1 aliphatic rings. The first kappa shape index (κ1) is 10.6. The van der Waals surface area contributed by atoms with Crippen LogP contribution in [0.2, 0.25) is 0 Å². The average Bonchev–Trinajstić information content (AvgIpc) is 2.67. The van der Waals surface area contributed by atoms with Crippen molar-refractivity contribution >= 4 is 0 Å². The van der Waals surface area contributed by atoms with Crippen molar-refractivity contribution in [2.75, 3.05) is 13.1 Å². The average molecular weight is 209 g/mol. The molecule has 0 saturated carbocycles. The van der Waals surface area contributed by atoms with Gasteiger partial charge in [0.25, 0.3) is 0 Å². The van der Waals surface area contributed by atoms with E-state index < -0.39 is 0 Å². The third-order valence-corrected chi connectivity index (χ3v) is 2.75. The van der Waals surface area contributed by atoms with Crippen molar-refractivity contribution in [1.82, 2.24) is 15.5 Å². The molecule has 0 bridgehead atoms. The van der Waals surface area contributed by atoms with Gasteiger partial charge >= 0.3 is 0 Å². The Kier molecular flexibility index (Phi) is 2.78. The first-order chi connectivity index (χ1) is 7.07. The molecule has 1 N–H and O–H groups in total. The van der Waals surface area contributed by atoms with Crippen LogP contribution in [0.15, 0.2) is 4.52 Å².